The number of nitrogens with one attached hydrogen (secondary N) is 1. The van der Waals surface area contributed by atoms with Crippen LogP contribution in [0, 0.1) is 0 Å². The fraction of sp³-hybridized carbons (Fsp3) is 0.350. The molecule has 0 fully saturated rings. The zero-order valence-electron chi connectivity index (χ0n) is 14.6. The number of aryl methyl sites for hydroxylation is 2. The molecule has 0 aromatic heterocycles. The third kappa shape index (κ3) is 5.36. The first-order valence-electron chi connectivity index (χ1n) is 8.65. The van der Waals surface area contributed by atoms with Gasteiger partial charge in [-0.15, -0.1) is 24.0 Å². The number of aliphatic imine (C=N–C) groups is 1. The van der Waals surface area contributed by atoms with Gasteiger partial charge in [0.25, 0.3) is 0 Å². The lowest BCUT2D eigenvalue weighted by atomic mass is 10.1. The topological polar surface area (TPSA) is 59.6 Å². The van der Waals surface area contributed by atoms with Crippen molar-refractivity contribution in [2.75, 3.05) is 18.5 Å². The van der Waals surface area contributed by atoms with E-state index in [1.807, 2.05) is 25.1 Å². The van der Waals surface area contributed by atoms with E-state index in [2.05, 4.69) is 34.6 Å². The van der Waals surface area contributed by atoms with Gasteiger partial charge in [0.15, 0.2) is 5.96 Å². The van der Waals surface area contributed by atoms with Crippen molar-refractivity contribution >= 4 is 35.6 Å². The normalized spacial score (nSPS) is 13.1. The van der Waals surface area contributed by atoms with Gasteiger partial charge in [-0.05, 0) is 67.5 Å². The van der Waals surface area contributed by atoms with Gasteiger partial charge in [0.2, 0.25) is 0 Å². The number of benzene rings is 2. The minimum Gasteiger partial charge on any atom is -0.494 e. The number of ether oxygens (including phenoxy) is 1. The molecular formula is C20H26IN3O. The van der Waals surface area contributed by atoms with Gasteiger partial charge >= 0.3 is 0 Å². The molecule has 1 aliphatic rings. The maximum Gasteiger partial charge on any atom is 0.193 e. The molecule has 3 N–H and O–H groups in total. The second kappa shape index (κ2) is 9.65. The standard InChI is InChI=1S/C20H25N3O.HI/c1-2-24-19-9-4-3-6-16(19)12-13-22-20(21)23-18-11-10-15-7-5-8-17(15)14-18;/h3-4,6,9-11,14H,2,5,7-8,12-13H2,1H3,(H3,21,22,23);1H. The van der Waals surface area contributed by atoms with Gasteiger partial charge < -0.3 is 15.8 Å². The molecule has 0 unspecified atom stereocenters. The average molecular weight is 451 g/mol. The first-order valence-corrected chi connectivity index (χ1v) is 8.65. The predicted molar refractivity (Wildman–Crippen MR) is 115 cm³/mol. The molecule has 4 nitrogen and oxygen atoms in total. The maximum absolute atomic E-state index is 6.02. The van der Waals surface area contributed by atoms with Crippen molar-refractivity contribution in [1.82, 2.24) is 0 Å². The quantitative estimate of drug-likeness (QED) is 0.394. The second-order valence-corrected chi connectivity index (χ2v) is 6.02. The van der Waals surface area contributed by atoms with Crippen molar-refractivity contribution in [3.8, 4) is 5.75 Å². The number of rotatable bonds is 6. The van der Waals surface area contributed by atoms with E-state index in [1.165, 1.54) is 24.0 Å². The summed E-state index contributed by atoms with van der Waals surface area (Å²) in [6, 6.07) is 14.5. The van der Waals surface area contributed by atoms with Crippen LogP contribution in [0.5, 0.6) is 5.75 Å². The maximum atomic E-state index is 6.02. The van der Waals surface area contributed by atoms with Crippen molar-refractivity contribution in [3.63, 3.8) is 0 Å². The van der Waals surface area contributed by atoms with Crippen molar-refractivity contribution < 1.29 is 4.74 Å². The summed E-state index contributed by atoms with van der Waals surface area (Å²) >= 11 is 0. The van der Waals surface area contributed by atoms with E-state index in [1.54, 1.807) is 0 Å². The summed E-state index contributed by atoms with van der Waals surface area (Å²) in [6.45, 7) is 3.30. The van der Waals surface area contributed by atoms with Crippen LogP contribution >= 0.6 is 24.0 Å². The Labute approximate surface area is 166 Å². The van der Waals surface area contributed by atoms with Crippen LogP contribution in [0.25, 0.3) is 0 Å². The predicted octanol–water partition coefficient (Wildman–Crippen LogP) is 4.16. The van der Waals surface area contributed by atoms with Crippen LogP contribution in [-0.2, 0) is 19.3 Å². The Bertz CT molecular complexity index is 731. The Balaban J connectivity index is 0.00000225. The van der Waals surface area contributed by atoms with Gasteiger partial charge in [-0.3, -0.25) is 4.99 Å². The molecule has 134 valence electrons. The van der Waals surface area contributed by atoms with E-state index in [0.29, 0.717) is 19.1 Å². The summed E-state index contributed by atoms with van der Waals surface area (Å²) in [5, 5.41) is 3.19. The minimum atomic E-state index is 0. The molecule has 3 rings (SSSR count). The number of halogens is 1. The van der Waals surface area contributed by atoms with Crippen molar-refractivity contribution in [1.29, 1.82) is 0 Å². The van der Waals surface area contributed by atoms with Crippen LogP contribution < -0.4 is 15.8 Å². The smallest absolute Gasteiger partial charge is 0.193 e. The molecule has 0 atom stereocenters. The van der Waals surface area contributed by atoms with E-state index in [-0.39, 0.29) is 24.0 Å². The summed E-state index contributed by atoms with van der Waals surface area (Å²) in [5.74, 6) is 1.39. The molecule has 0 amide bonds. The molecule has 0 aliphatic heterocycles. The molecule has 2 aromatic rings. The molecule has 1 aliphatic carbocycles. The molecule has 0 bridgehead atoms. The lowest BCUT2D eigenvalue weighted by molar-refractivity contribution is 0.336. The molecule has 0 radical (unpaired) electrons. The highest BCUT2D eigenvalue weighted by atomic mass is 127. The van der Waals surface area contributed by atoms with E-state index in [4.69, 9.17) is 10.5 Å². The zero-order chi connectivity index (χ0) is 16.8. The largest absolute Gasteiger partial charge is 0.494 e. The molecule has 0 spiro atoms. The molecule has 0 heterocycles. The number of fused-ring (bicyclic) bond motifs is 1. The van der Waals surface area contributed by atoms with Gasteiger partial charge in [-0.1, -0.05) is 24.3 Å². The van der Waals surface area contributed by atoms with Crippen molar-refractivity contribution in [2.24, 2.45) is 10.7 Å². The van der Waals surface area contributed by atoms with E-state index >= 15 is 0 Å². The Morgan fingerprint density at radius 2 is 1.96 bits per heavy atom. The number of anilines is 1. The van der Waals surface area contributed by atoms with E-state index in [9.17, 15) is 0 Å². The summed E-state index contributed by atoms with van der Waals surface area (Å²) < 4.78 is 5.64. The van der Waals surface area contributed by atoms with Gasteiger partial charge in [-0.2, -0.15) is 0 Å². The van der Waals surface area contributed by atoms with Crippen molar-refractivity contribution in [3.05, 3.63) is 59.2 Å². The van der Waals surface area contributed by atoms with E-state index in [0.717, 1.165) is 29.8 Å². The zero-order valence-corrected chi connectivity index (χ0v) is 17.0. The number of para-hydroxylation sites is 1. The highest BCUT2D eigenvalue weighted by Crippen LogP contribution is 2.24. The fourth-order valence-electron chi connectivity index (χ4n) is 3.14. The van der Waals surface area contributed by atoms with Crippen LogP contribution in [0.4, 0.5) is 5.69 Å². The summed E-state index contributed by atoms with van der Waals surface area (Å²) in [5.41, 5.74) is 11.1. The molecular weight excluding hydrogens is 425 g/mol. The van der Waals surface area contributed by atoms with Crippen LogP contribution in [0.1, 0.15) is 30.0 Å². The Morgan fingerprint density at radius 1 is 1.16 bits per heavy atom. The first-order chi connectivity index (χ1) is 11.8. The highest BCUT2D eigenvalue weighted by molar-refractivity contribution is 14.0. The summed E-state index contributed by atoms with van der Waals surface area (Å²) in [4.78, 5) is 4.44. The molecule has 25 heavy (non-hydrogen) atoms. The van der Waals surface area contributed by atoms with Crippen LogP contribution in [0.3, 0.4) is 0 Å². The van der Waals surface area contributed by atoms with Crippen LogP contribution in [-0.4, -0.2) is 19.1 Å². The van der Waals surface area contributed by atoms with Crippen molar-refractivity contribution in [2.45, 2.75) is 32.6 Å². The minimum absolute atomic E-state index is 0. The monoisotopic (exact) mass is 451 g/mol. The van der Waals surface area contributed by atoms with Crippen LogP contribution in [0.15, 0.2) is 47.5 Å². The van der Waals surface area contributed by atoms with E-state index < -0.39 is 0 Å². The summed E-state index contributed by atoms with van der Waals surface area (Å²) in [6.07, 6.45) is 4.42. The van der Waals surface area contributed by atoms with Gasteiger partial charge in [0.1, 0.15) is 5.75 Å². The molecule has 0 saturated carbocycles. The van der Waals surface area contributed by atoms with Crippen LogP contribution in [0.2, 0.25) is 0 Å². The molecule has 2 aromatic carbocycles. The lowest BCUT2D eigenvalue weighted by Crippen LogP contribution is -2.23. The molecule has 0 saturated heterocycles. The lowest BCUT2D eigenvalue weighted by Gasteiger charge is -2.10. The third-order valence-electron chi connectivity index (χ3n) is 4.31. The highest BCUT2D eigenvalue weighted by Gasteiger charge is 2.10. The molecule has 5 heteroatoms. The Kier molecular flexibility index (Phi) is 7.55. The van der Waals surface area contributed by atoms with Gasteiger partial charge in [0.05, 0.1) is 6.61 Å². The van der Waals surface area contributed by atoms with Gasteiger partial charge in [0, 0.05) is 12.2 Å². The Hall–Kier alpha value is -1.76. The Morgan fingerprint density at radius 3 is 2.80 bits per heavy atom. The average Bonchev–Trinajstić information content (AvgIpc) is 3.04. The number of guanidine groups is 1. The first kappa shape index (κ1) is 19.6. The summed E-state index contributed by atoms with van der Waals surface area (Å²) in [7, 11) is 0. The number of hydrogen-bond acceptors (Lipinski definition) is 2. The third-order valence-corrected chi connectivity index (χ3v) is 4.31. The number of nitrogens with zero attached hydrogens (tertiary/aromatic N) is 1. The second-order valence-electron chi connectivity index (χ2n) is 6.02. The number of hydrogen-bond donors (Lipinski definition) is 2. The number of nitrogens with two attached hydrogens (primary N) is 1. The SMILES string of the molecule is CCOc1ccccc1CCN=C(N)Nc1ccc2c(c1)CCC2.I. The fourth-order valence-corrected chi connectivity index (χ4v) is 3.14. The van der Waals surface area contributed by atoms with Gasteiger partial charge in [-0.25, -0.2) is 0 Å².